The third kappa shape index (κ3) is 13.6. The maximum Gasteiger partial charge on any atom is 0.328 e. The van der Waals surface area contributed by atoms with Crippen LogP contribution in [0.2, 0.25) is 10.0 Å². The van der Waals surface area contributed by atoms with Gasteiger partial charge in [0.05, 0.1) is 40.9 Å². The molecule has 19 heteroatoms. The molecule has 1 aliphatic carbocycles. The summed E-state index contributed by atoms with van der Waals surface area (Å²) in [4.78, 5) is 78.0. The minimum absolute atomic E-state index is 0.0274. The standard InChI is InChI=1S/C66H66Cl2F2N10O5/c1-65(2,3)34-56-66(40-71,51-24-19-46(67)33-53(51)69)59(50-13-10-14-52(68)60(50)70)61(75-56)62(83)74-47-20-15-43(16-21-47)39-78(27-8-4-6-11-41-17-22-48-44(31-41)35-72-37-54(48)79-29-25-57(81)76-63(79)84)28-9-5-7-12-42-18-23-49-45(32-42)36-73-38-55(49)80-30-26-58(82)77-64(80)85/h10,13-14,17-19,22-24,31-33,35-38,43,47,56,59,61,75H,4-5,8-9,15-16,20-21,25-30,34,39H2,1-3H3,(H,74,83)(H,76,81,84)(H,77,82,85)/t43?,47?,56-,59-,61+,66-/m0/s1. The van der Waals surface area contributed by atoms with E-state index in [0.717, 1.165) is 84.1 Å². The van der Waals surface area contributed by atoms with Crippen LogP contribution in [0.15, 0.2) is 97.6 Å². The Morgan fingerprint density at radius 1 is 0.776 bits per heavy atom. The molecule has 4 aromatic carbocycles. The lowest BCUT2D eigenvalue weighted by Crippen LogP contribution is -2.49. The number of carbonyl (C=O) groups is 5. The number of fused-ring (bicyclic) bond motifs is 2. The largest absolute Gasteiger partial charge is 0.352 e. The van der Waals surface area contributed by atoms with Crippen molar-refractivity contribution in [2.45, 2.75) is 121 Å². The van der Waals surface area contributed by atoms with Crippen molar-refractivity contribution in [1.29, 1.82) is 5.26 Å². The van der Waals surface area contributed by atoms with E-state index in [0.29, 0.717) is 49.4 Å². The highest BCUT2D eigenvalue weighted by atomic mass is 35.5. The lowest BCUT2D eigenvalue weighted by molar-refractivity contribution is -0.124. The number of hydrogen-bond donors (Lipinski definition) is 4. The van der Waals surface area contributed by atoms with Crippen molar-refractivity contribution in [3.8, 4) is 29.8 Å². The number of amides is 7. The molecule has 7 amide bonds. The molecule has 10 rings (SSSR count). The number of imide groups is 2. The van der Waals surface area contributed by atoms with E-state index in [1.807, 2.05) is 57.2 Å². The van der Waals surface area contributed by atoms with Gasteiger partial charge in [0.25, 0.3) is 0 Å². The van der Waals surface area contributed by atoms with Gasteiger partial charge in [0.15, 0.2) is 0 Å². The number of nitrogens with one attached hydrogen (secondary N) is 4. The molecule has 0 unspecified atom stereocenters. The summed E-state index contributed by atoms with van der Waals surface area (Å²) in [6.07, 6.45) is 13.5. The van der Waals surface area contributed by atoms with E-state index in [-0.39, 0.29) is 70.4 Å². The fourth-order valence-electron chi connectivity index (χ4n) is 12.6. The molecular formula is C66H66Cl2F2N10O5. The second-order valence-electron chi connectivity index (χ2n) is 23.7. The predicted octanol–water partition coefficient (Wildman–Crippen LogP) is 11.2. The maximum atomic E-state index is 16.4. The number of hydrogen-bond acceptors (Lipinski definition) is 10. The van der Waals surface area contributed by atoms with E-state index in [9.17, 15) is 29.2 Å². The lowest BCUT2D eigenvalue weighted by atomic mass is 9.62. The number of pyridine rings is 2. The smallest absolute Gasteiger partial charge is 0.328 e. The molecule has 3 saturated heterocycles. The predicted molar refractivity (Wildman–Crippen MR) is 325 cm³/mol. The molecule has 6 aromatic rings. The van der Waals surface area contributed by atoms with Gasteiger partial charge in [-0.15, -0.1) is 0 Å². The summed E-state index contributed by atoms with van der Waals surface area (Å²) in [6.45, 7) is 8.98. The average molecular weight is 1190 g/mol. The molecular weight excluding hydrogens is 1120 g/mol. The Balaban J connectivity index is 0.814. The number of aromatic nitrogens is 2. The molecule has 0 radical (unpaired) electrons. The van der Waals surface area contributed by atoms with Gasteiger partial charge >= 0.3 is 12.1 Å². The molecule has 3 aliphatic heterocycles. The average Bonchev–Trinajstić information content (AvgIpc) is 1.87. The summed E-state index contributed by atoms with van der Waals surface area (Å²) in [7, 11) is 0. The molecule has 4 fully saturated rings. The molecule has 15 nitrogen and oxygen atoms in total. The van der Waals surface area contributed by atoms with Gasteiger partial charge in [-0.25, -0.2) is 18.4 Å². The Hall–Kier alpha value is -7.98. The number of benzene rings is 4. The zero-order valence-corrected chi connectivity index (χ0v) is 49.2. The second kappa shape index (κ2) is 26.1. The highest BCUT2D eigenvalue weighted by Gasteiger charge is 2.61. The summed E-state index contributed by atoms with van der Waals surface area (Å²) in [5, 5.41) is 26.1. The van der Waals surface area contributed by atoms with Crippen molar-refractivity contribution in [2.24, 2.45) is 11.3 Å². The van der Waals surface area contributed by atoms with Crippen LogP contribution in [0.3, 0.4) is 0 Å². The Bertz CT molecular complexity index is 3620. The van der Waals surface area contributed by atoms with Gasteiger partial charge in [-0.1, -0.05) is 98.0 Å². The minimum atomic E-state index is -1.73. The van der Waals surface area contributed by atoms with Crippen molar-refractivity contribution < 1.29 is 32.8 Å². The van der Waals surface area contributed by atoms with Gasteiger partial charge in [-0.2, -0.15) is 5.26 Å². The van der Waals surface area contributed by atoms with Crippen molar-refractivity contribution >= 4 is 85.9 Å². The molecule has 438 valence electrons. The highest BCUT2D eigenvalue weighted by molar-refractivity contribution is 6.31. The van der Waals surface area contributed by atoms with Crippen LogP contribution in [0.25, 0.3) is 21.5 Å². The molecule has 2 aromatic heterocycles. The van der Waals surface area contributed by atoms with Crippen LogP contribution in [0.1, 0.15) is 120 Å². The van der Waals surface area contributed by atoms with Crippen molar-refractivity contribution in [1.82, 2.24) is 36.1 Å². The third-order valence-corrected chi connectivity index (χ3v) is 17.2. The summed E-state index contributed by atoms with van der Waals surface area (Å²) >= 11 is 12.6. The van der Waals surface area contributed by atoms with Gasteiger partial charge in [-0.3, -0.25) is 44.8 Å². The highest BCUT2D eigenvalue weighted by Crippen LogP contribution is 2.53. The number of carbonyl (C=O) groups excluding carboxylic acids is 5. The number of nitrogens with zero attached hydrogens (tertiary/aromatic N) is 6. The van der Waals surface area contributed by atoms with E-state index in [4.69, 9.17) is 23.2 Å². The topological polar surface area (TPSA) is 193 Å². The van der Waals surface area contributed by atoms with Crippen LogP contribution in [0.5, 0.6) is 0 Å². The number of nitriles is 1. The van der Waals surface area contributed by atoms with Gasteiger partial charge in [0.1, 0.15) is 17.0 Å². The summed E-state index contributed by atoms with van der Waals surface area (Å²) in [5.74, 6) is 10.0. The molecule has 4 N–H and O–H groups in total. The molecule has 4 aliphatic rings. The van der Waals surface area contributed by atoms with Crippen molar-refractivity contribution in [3.05, 3.63) is 142 Å². The van der Waals surface area contributed by atoms with Crippen LogP contribution in [0, 0.1) is 58.0 Å². The molecule has 4 atom stereocenters. The Kier molecular flexibility index (Phi) is 18.5. The van der Waals surface area contributed by atoms with E-state index in [2.05, 4.69) is 65.9 Å². The zero-order chi connectivity index (χ0) is 60.0. The number of urea groups is 2. The van der Waals surface area contributed by atoms with E-state index in [1.165, 1.54) is 34.1 Å². The second-order valence-corrected chi connectivity index (χ2v) is 24.6. The van der Waals surface area contributed by atoms with Gasteiger partial charge in [-0.05, 0) is 117 Å². The molecule has 1 saturated carbocycles. The van der Waals surface area contributed by atoms with Crippen LogP contribution < -0.4 is 31.1 Å². The third-order valence-electron chi connectivity index (χ3n) is 16.6. The van der Waals surface area contributed by atoms with Crippen LogP contribution >= 0.6 is 23.2 Å². The zero-order valence-electron chi connectivity index (χ0n) is 47.7. The lowest BCUT2D eigenvalue weighted by Gasteiger charge is -2.37. The monoisotopic (exact) mass is 1190 g/mol. The molecule has 0 bridgehead atoms. The van der Waals surface area contributed by atoms with Crippen LogP contribution in [-0.2, 0) is 19.8 Å². The fourth-order valence-corrected chi connectivity index (χ4v) is 12.9. The summed E-state index contributed by atoms with van der Waals surface area (Å²) < 4.78 is 32.6. The number of anilines is 2. The first kappa shape index (κ1) is 60.2. The quantitative estimate of drug-likeness (QED) is 0.0568. The van der Waals surface area contributed by atoms with Crippen molar-refractivity contribution in [2.75, 3.05) is 42.5 Å². The van der Waals surface area contributed by atoms with Gasteiger partial charge < -0.3 is 15.5 Å². The van der Waals surface area contributed by atoms with Gasteiger partial charge in [0.2, 0.25) is 17.7 Å². The fraction of sp³-hybridized carbons (Fsp3) is 0.394. The molecule has 0 spiro atoms. The number of halogens is 4. The maximum absolute atomic E-state index is 16.4. The molecule has 5 heterocycles. The summed E-state index contributed by atoms with van der Waals surface area (Å²) in [6, 6.07) is 19.7. The van der Waals surface area contributed by atoms with E-state index in [1.54, 1.807) is 30.9 Å². The Morgan fingerprint density at radius 2 is 1.35 bits per heavy atom. The van der Waals surface area contributed by atoms with Crippen LogP contribution in [-0.4, -0.2) is 95.5 Å². The van der Waals surface area contributed by atoms with Crippen LogP contribution in [0.4, 0.5) is 29.7 Å². The Morgan fingerprint density at radius 3 is 1.88 bits per heavy atom. The molecule has 85 heavy (non-hydrogen) atoms. The van der Waals surface area contributed by atoms with E-state index < -0.39 is 53.0 Å². The summed E-state index contributed by atoms with van der Waals surface area (Å²) in [5.41, 5.74) is 0.853. The number of unbranched alkanes of at least 4 members (excludes halogenated alkanes) is 2. The Labute approximate surface area is 503 Å². The SMILES string of the molecule is CC(C)(C)C[C@@H]1N[C@@H](C(=O)NC2CCC(CN(CCCC#Cc3ccc4c(N5CCC(=O)NC5=O)cncc4c3)CCCC#Cc3ccc4c(N5CCC(=O)NC5=O)cncc4c3)CC2)[C@H](c2cccc(Cl)c2F)[C@@]1(C#N)c1ccc(Cl)cc1F. The first-order valence-corrected chi connectivity index (χ1v) is 29.7. The number of rotatable bonds is 15. The minimum Gasteiger partial charge on any atom is -0.352 e. The van der Waals surface area contributed by atoms with Crippen molar-refractivity contribution in [3.63, 3.8) is 0 Å². The normalized spacial score (nSPS) is 21.7. The van der Waals surface area contributed by atoms with Gasteiger partial charge in [0, 0.05) is 119 Å². The first-order valence-electron chi connectivity index (χ1n) is 28.9. The van der Waals surface area contributed by atoms with E-state index >= 15 is 8.78 Å². The first-order chi connectivity index (χ1) is 40.9.